The second kappa shape index (κ2) is 8.31. The second-order valence-electron chi connectivity index (χ2n) is 7.04. The van der Waals surface area contributed by atoms with Crippen molar-refractivity contribution in [3.8, 4) is 0 Å². The summed E-state index contributed by atoms with van der Waals surface area (Å²) in [5.41, 5.74) is 0.741. The molecule has 2 aliphatic heterocycles. The molecule has 7 nitrogen and oxygen atoms in total. The van der Waals surface area contributed by atoms with Crippen molar-refractivity contribution in [2.24, 2.45) is 0 Å². The van der Waals surface area contributed by atoms with Gasteiger partial charge in [-0.15, -0.1) is 0 Å². The van der Waals surface area contributed by atoms with Crippen LogP contribution in [0.4, 0.5) is 0 Å². The van der Waals surface area contributed by atoms with E-state index < -0.39 is 42.6 Å². The van der Waals surface area contributed by atoms with Crippen LogP contribution in [0.25, 0.3) is 0 Å². The van der Waals surface area contributed by atoms with E-state index in [0.717, 1.165) is 5.56 Å². The highest BCUT2D eigenvalue weighted by atomic mass is 16.8. The molecule has 2 saturated heterocycles. The minimum Gasteiger partial charge on any atom is -0.390 e. The molecule has 6 atom stereocenters. The Labute approximate surface area is 153 Å². The maximum atomic E-state index is 10.7. The Morgan fingerprint density at radius 1 is 1.15 bits per heavy atom. The van der Waals surface area contributed by atoms with Crippen molar-refractivity contribution in [2.75, 3.05) is 13.4 Å². The fourth-order valence-corrected chi connectivity index (χ4v) is 3.39. The van der Waals surface area contributed by atoms with Gasteiger partial charge in [0.1, 0.15) is 25.1 Å². The van der Waals surface area contributed by atoms with Crippen molar-refractivity contribution < 1.29 is 33.9 Å². The van der Waals surface area contributed by atoms with Crippen LogP contribution in [-0.4, -0.2) is 60.1 Å². The average molecular weight is 368 g/mol. The number of aliphatic hydroxyl groups excluding tert-OH is 2. The highest BCUT2D eigenvalue weighted by Crippen LogP contribution is 2.40. The fraction of sp³-hybridized carbons (Fsp3) is 0.684. The Hall–Kier alpha value is -1.06. The summed E-state index contributed by atoms with van der Waals surface area (Å²) >= 11 is 0. The quantitative estimate of drug-likeness (QED) is 0.534. The lowest BCUT2D eigenvalue weighted by atomic mass is 9.97. The Morgan fingerprint density at radius 2 is 1.88 bits per heavy atom. The van der Waals surface area contributed by atoms with E-state index in [1.54, 1.807) is 13.8 Å². The molecular weight excluding hydrogens is 340 g/mol. The summed E-state index contributed by atoms with van der Waals surface area (Å²) in [7, 11) is 0. The predicted molar refractivity (Wildman–Crippen MR) is 92.1 cm³/mol. The van der Waals surface area contributed by atoms with Gasteiger partial charge in [-0.3, -0.25) is 0 Å². The molecule has 0 radical (unpaired) electrons. The van der Waals surface area contributed by atoms with Crippen molar-refractivity contribution in [2.45, 2.75) is 69.8 Å². The molecule has 7 heteroatoms. The summed E-state index contributed by atoms with van der Waals surface area (Å²) in [6.45, 7) is 6.07. The monoisotopic (exact) mass is 368 g/mol. The number of hydrogen-bond donors (Lipinski definition) is 2. The topological polar surface area (TPSA) is 86.6 Å². The Kier molecular flexibility index (Phi) is 6.29. The van der Waals surface area contributed by atoms with Gasteiger partial charge in [-0.2, -0.15) is 0 Å². The molecule has 0 bridgehead atoms. The minimum absolute atomic E-state index is 0.0714. The van der Waals surface area contributed by atoms with Gasteiger partial charge in [0, 0.05) is 13.0 Å². The first-order valence-corrected chi connectivity index (χ1v) is 9.03. The van der Waals surface area contributed by atoms with Crippen LogP contribution in [0.3, 0.4) is 0 Å². The average Bonchev–Trinajstić information content (AvgIpc) is 3.08. The molecule has 1 aromatic carbocycles. The van der Waals surface area contributed by atoms with Crippen LogP contribution in [0, 0.1) is 0 Å². The lowest BCUT2D eigenvalue weighted by Crippen LogP contribution is -2.43. The summed E-state index contributed by atoms with van der Waals surface area (Å²) in [6, 6.07) is 9.21. The van der Waals surface area contributed by atoms with E-state index in [4.69, 9.17) is 23.7 Å². The summed E-state index contributed by atoms with van der Waals surface area (Å²) in [5.74, 6) is -0.776. The molecule has 0 aliphatic carbocycles. The van der Waals surface area contributed by atoms with Gasteiger partial charge in [0.2, 0.25) is 0 Å². The van der Waals surface area contributed by atoms with E-state index in [1.165, 1.54) is 0 Å². The molecule has 0 spiro atoms. The van der Waals surface area contributed by atoms with Gasteiger partial charge in [0.15, 0.2) is 12.1 Å². The molecule has 0 saturated carbocycles. The molecule has 2 aliphatic rings. The number of fused-ring (bicyclic) bond motifs is 1. The molecule has 146 valence electrons. The zero-order valence-corrected chi connectivity index (χ0v) is 15.4. The molecule has 3 rings (SSSR count). The van der Waals surface area contributed by atoms with Crippen molar-refractivity contribution in [1.29, 1.82) is 0 Å². The zero-order valence-electron chi connectivity index (χ0n) is 15.4. The van der Waals surface area contributed by atoms with E-state index >= 15 is 0 Å². The molecule has 0 amide bonds. The SMILES string of the molecule is CCOCO[C@@H]1[C@H]2OC(C)(C)O[C@H]2O[C@@H]1[C@H](O)C[C@H](O)c1ccccc1. The van der Waals surface area contributed by atoms with E-state index in [1.807, 2.05) is 37.3 Å². The van der Waals surface area contributed by atoms with Gasteiger partial charge < -0.3 is 33.9 Å². The number of hydrogen-bond acceptors (Lipinski definition) is 7. The highest BCUT2D eigenvalue weighted by molar-refractivity contribution is 5.17. The summed E-state index contributed by atoms with van der Waals surface area (Å²) in [6.07, 6.45) is -3.94. The maximum Gasteiger partial charge on any atom is 0.190 e. The van der Waals surface area contributed by atoms with E-state index in [0.29, 0.717) is 6.61 Å². The van der Waals surface area contributed by atoms with E-state index in [2.05, 4.69) is 0 Å². The van der Waals surface area contributed by atoms with Gasteiger partial charge in [0.25, 0.3) is 0 Å². The number of ether oxygens (including phenoxy) is 5. The lowest BCUT2D eigenvalue weighted by Gasteiger charge is -2.29. The predicted octanol–water partition coefficient (Wildman–Crippen LogP) is 1.73. The van der Waals surface area contributed by atoms with Gasteiger partial charge >= 0.3 is 0 Å². The van der Waals surface area contributed by atoms with Crippen molar-refractivity contribution in [1.82, 2.24) is 0 Å². The van der Waals surface area contributed by atoms with Crippen LogP contribution in [0.2, 0.25) is 0 Å². The molecule has 2 N–H and O–H groups in total. The Bertz CT molecular complexity index is 564. The first kappa shape index (κ1) is 19.7. The van der Waals surface area contributed by atoms with E-state index in [9.17, 15) is 10.2 Å². The van der Waals surface area contributed by atoms with Gasteiger partial charge in [-0.1, -0.05) is 30.3 Å². The van der Waals surface area contributed by atoms with Gasteiger partial charge in [-0.05, 0) is 26.3 Å². The standard InChI is InChI=1S/C19H28O7/c1-4-22-11-23-16-15(24-18-17(16)25-19(2,3)26-18)14(21)10-13(20)12-8-6-5-7-9-12/h5-9,13-18,20-21H,4,10-11H2,1-3H3/t13-,14+,15+,16-,17+,18+/m0/s1. The molecule has 0 aromatic heterocycles. The van der Waals surface area contributed by atoms with Crippen molar-refractivity contribution in [3.05, 3.63) is 35.9 Å². The number of benzene rings is 1. The normalized spacial score (nSPS) is 32.3. The number of rotatable bonds is 8. The minimum atomic E-state index is -0.947. The summed E-state index contributed by atoms with van der Waals surface area (Å²) < 4.78 is 28.5. The Balaban J connectivity index is 1.66. The van der Waals surface area contributed by atoms with Crippen LogP contribution in [0.5, 0.6) is 0 Å². The second-order valence-corrected chi connectivity index (χ2v) is 7.04. The Morgan fingerprint density at radius 3 is 2.58 bits per heavy atom. The third kappa shape index (κ3) is 4.43. The van der Waals surface area contributed by atoms with Crippen molar-refractivity contribution in [3.63, 3.8) is 0 Å². The zero-order chi connectivity index (χ0) is 18.7. The maximum absolute atomic E-state index is 10.7. The van der Waals surface area contributed by atoms with Gasteiger partial charge in [0.05, 0.1) is 12.2 Å². The summed E-state index contributed by atoms with van der Waals surface area (Å²) in [4.78, 5) is 0. The van der Waals surface area contributed by atoms with Crippen LogP contribution in [0.1, 0.15) is 38.9 Å². The van der Waals surface area contributed by atoms with Crippen LogP contribution in [-0.2, 0) is 23.7 Å². The molecule has 2 fully saturated rings. The lowest BCUT2D eigenvalue weighted by molar-refractivity contribution is -0.237. The van der Waals surface area contributed by atoms with Crippen LogP contribution >= 0.6 is 0 Å². The van der Waals surface area contributed by atoms with E-state index in [-0.39, 0.29) is 13.2 Å². The third-order valence-electron chi connectivity index (χ3n) is 4.60. The van der Waals surface area contributed by atoms with Crippen LogP contribution in [0.15, 0.2) is 30.3 Å². The van der Waals surface area contributed by atoms with Crippen LogP contribution < -0.4 is 0 Å². The van der Waals surface area contributed by atoms with Gasteiger partial charge in [-0.25, -0.2) is 0 Å². The smallest absolute Gasteiger partial charge is 0.190 e. The fourth-order valence-electron chi connectivity index (χ4n) is 3.39. The highest BCUT2D eigenvalue weighted by Gasteiger charge is 2.57. The first-order chi connectivity index (χ1) is 12.4. The molecular formula is C19H28O7. The first-order valence-electron chi connectivity index (χ1n) is 9.03. The molecule has 26 heavy (non-hydrogen) atoms. The number of aliphatic hydroxyl groups is 2. The van der Waals surface area contributed by atoms with Crippen molar-refractivity contribution >= 4 is 0 Å². The molecule has 0 unspecified atom stereocenters. The largest absolute Gasteiger partial charge is 0.390 e. The third-order valence-corrected chi connectivity index (χ3v) is 4.60. The molecule has 2 heterocycles. The molecule has 1 aromatic rings. The summed E-state index contributed by atoms with van der Waals surface area (Å²) in [5, 5.41) is 21.1.